The molecule has 0 unspecified atom stereocenters. The van der Waals surface area contributed by atoms with E-state index in [0.717, 1.165) is 20.9 Å². The number of nitrogens with zero attached hydrogens (tertiary/aromatic N) is 2. The molecule has 1 N–H and O–H groups in total. The third-order valence-corrected chi connectivity index (χ3v) is 4.19. The first-order valence-corrected chi connectivity index (χ1v) is 7.60. The summed E-state index contributed by atoms with van der Waals surface area (Å²) >= 11 is 5.46. The van der Waals surface area contributed by atoms with Gasteiger partial charge in [0.25, 0.3) is 5.91 Å². The number of carbonyl (C=O) groups excluding carboxylic acids is 1. The molecule has 3 rings (SSSR count). The van der Waals surface area contributed by atoms with Crippen LogP contribution in [0.5, 0.6) is 0 Å². The van der Waals surface area contributed by atoms with Crippen LogP contribution in [0, 0.1) is 3.57 Å². The summed E-state index contributed by atoms with van der Waals surface area (Å²) in [6.45, 7) is 0. The number of aromatic nitrogens is 2. The normalized spacial score (nSPS) is 14.4. The minimum atomic E-state index is -0.253. The number of amides is 1. The fourth-order valence-electron chi connectivity index (χ4n) is 1.62. The molecule has 0 radical (unpaired) electrons. The second kappa shape index (κ2) is 5.20. The number of nitrogens with one attached hydrogen (secondary N) is 1. The Bertz CT molecular complexity index is 640. The first kappa shape index (κ1) is 13.0. The van der Waals surface area contributed by atoms with Crippen LogP contribution in [0.3, 0.4) is 0 Å². The van der Waals surface area contributed by atoms with Gasteiger partial charge in [-0.25, -0.2) is 0 Å². The van der Waals surface area contributed by atoms with Crippen LogP contribution in [-0.2, 0) is 0 Å². The summed E-state index contributed by atoms with van der Waals surface area (Å²) in [6, 6.07) is 5.66. The van der Waals surface area contributed by atoms with Crippen LogP contribution in [0.2, 0.25) is 0 Å². The van der Waals surface area contributed by atoms with Crippen LogP contribution in [0.15, 0.2) is 27.1 Å². The molecule has 98 valence electrons. The van der Waals surface area contributed by atoms with Crippen molar-refractivity contribution in [2.75, 3.05) is 5.32 Å². The molecular weight excluding hydrogens is 425 g/mol. The van der Waals surface area contributed by atoms with Crippen LogP contribution < -0.4 is 5.32 Å². The van der Waals surface area contributed by atoms with Crippen LogP contribution in [0.1, 0.15) is 35.0 Å². The van der Waals surface area contributed by atoms with E-state index >= 15 is 0 Å². The molecule has 0 saturated heterocycles. The molecule has 1 saturated carbocycles. The lowest BCUT2D eigenvalue weighted by atomic mass is 10.2. The number of anilines is 1. The molecule has 1 amide bonds. The van der Waals surface area contributed by atoms with Gasteiger partial charge in [0.1, 0.15) is 0 Å². The molecule has 0 aliphatic heterocycles. The Morgan fingerprint density at radius 1 is 1.42 bits per heavy atom. The zero-order valence-corrected chi connectivity index (χ0v) is 13.4. The van der Waals surface area contributed by atoms with E-state index in [4.69, 9.17) is 4.42 Å². The minimum absolute atomic E-state index is 0.155. The Labute approximate surface area is 131 Å². The van der Waals surface area contributed by atoms with Crippen LogP contribution in [-0.4, -0.2) is 16.1 Å². The summed E-state index contributed by atoms with van der Waals surface area (Å²) < 4.78 is 7.11. The predicted octanol–water partition coefficient (Wildman–Crippen LogP) is 3.57. The van der Waals surface area contributed by atoms with E-state index in [2.05, 4.69) is 54.0 Å². The molecular formula is C12H9BrIN3O2. The Morgan fingerprint density at radius 3 is 2.95 bits per heavy atom. The van der Waals surface area contributed by atoms with Crippen molar-refractivity contribution in [1.82, 2.24) is 10.2 Å². The third kappa shape index (κ3) is 2.97. The summed E-state index contributed by atoms with van der Waals surface area (Å²) in [5.41, 5.74) is 0.571. The van der Waals surface area contributed by atoms with Crippen LogP contribution in [0.4, 0.5) is 6.01 Å². The lowest BCUT2D eigenvalue weighted by Crippen LogP contribution is -2.13. The third-order valence-electron chi connectivity index (χ3n) is 2.76. The number of hydrogen-bond acceptors (Lipinski definition) is 4. The maximum atomic E-state index is 12.1. The molecule has 1 aliphatic carbocycles. The van der Waals surface area contributed by atoms with E-state index in [-0.39, 0.29) is 11.9 Å². The number of carbonyl (C=O) groups is 1. The Kier molecular flexibility index (Phi) is 3.57. The quantitative estimate of drug-likeness (QED) is 0.751. The Morgan fingerprint density at radius 2 is 2.21 bits per heavy atom. The highest BCUT2D eigenvalue weighted by Crippen LogP contribution is 2.39. The average molecular weight is 434 g/mol. The van der Waals surface area contributed by atoms with Crippen molar-refractivity contribution in [3.8, 4) is 0 Å². The lowest BCUT2D eigenvalue weighted by molar-refractivity contribution is 0.102. The van der Waals surface area contributed by atoms with Crippen molar-refractivity contribution in [2.45, 2.75) is 18.8 Å². The van der Waals surface area contributed by atoms with Gasteiger partial charge >= 0.3 is 6.01 Å². The second-order valence-corrected chi connectivity index (χ2v) is 6.38. The standard InChI is InChI=1S/C12H9BrIN3O2/c13-7-3-4-9(14)8(5-7)10(18)15-12-17-16-11(19-12)6-1-2-6/h3-6H,1-2H2,(H,15,17,18). The summed E-state index contributed by atoms with van der Waals surface area (Å²) in [5, 5.41) is 10.4. The molecule has 0 bridgehead atoms. The molecule has 0 atom stereocenters. The van der Waals surface area contributed by atoms with E-state index in [9.17, 15) is 4.79 Å². The molecule has 1 aromatic heterocycles. The topological polar surface area (TPSA) is 68.0 Å². The zero-order valence-electron chi connectivity index (χ0n) is 9.69. The second-order valence-electron chi connectivity index (χ2n) is 4.30. The zero-order chi connectivity index (χ0) is 13.4. The maximum Gasteiger partial charge on any atom is 0.322 e. The number of halogens is 2. The van der Waals surface area contributed by atoms with Gasteiger partial charge in [-0.15, -0.1) is 5.10 Å². The number of rotatable bonds is 3. The molecule has 1 fully saturated rings. The molecule has 7 heteroatoms. The molecule has 5 nitrogen and oxygen atoms in total. The van der Waals surface area contributed by atoms with Crippen molar-refractivity contribution in [1.29, 1.82) is 0 Å². The van der Waals surface area contributed by atoms with Gasteiger partial charge in [-0.3, -0.25) is 10.1 Å². The van der Waals surface area contributed by atoms with E-state index in [0.29, 0.717) is 17.4 Å². The molecule has 1 aliphatic rings. The monoisotopic (exact) mass is 433 g/mol. The predicted molar refractivity (Wildman–Crippen MR) is 81.1 cm³/mol. The van der Waals surface area contributed by atoms with Crippen molar-refractivity contribution < 1.29 is 9.21 Å². The van der Waals surface area contributed by atoms with Crippen LogP contribution in [0.25, 0.3) is 0 Å². The van der Waals surface area contributed by atoms with Crippen molar-refractivity contribution in [3.63, 3.8) is 0 Å². The fraction of sp³-hybridized carbons (Fsp3) is 0.250. The summed E-state index contributed by atoms with van der Waals surface area (Å²) in [6.07, 6.45) is 2.16. The van der Waals surface area contributed by atoms with Gasteiger partial charge in [0.05, 0.1) is 5.56 Å². The molecule has 1 aromatic carbocycles. The molecule has 2 aromatic rings. The van der Waals surface area contributed by atoms with Crippen molar-refractivity contribution >= 4 is 50.4 Å². The van der Waals surface area contributed by atoms with Gasteiger partial charge < -0.3 is 4.42 Å². The fourth-order valence-corrected chi connectivity index (χ4v) is 2.56. The maximum absolute atomic E-state index is 12.1. The highest BCUT2D eigenvalue weighted by Gasteiger charge is 2.29. The van der Waals surface area contributed by atoms with Gasteiger partial charge in [0.15, 0.2) is 0 Å². The average Bonchev–Trinajstić information content (AvgIpc) is 3.13. The summed E-state index contributed by atoms with van der Waals surface area (Å²) in [7, 11) is 0. The van der Waals surface area contributed by atoms with E-state index < -0.39 is 0 Å². The SMILES string of the molecule is O=C(Nc1nnc(C2CC2)o1)c1cc(Br)ccc1I. The van der Waals surface area contributed by atoms with Gasteiger partial charge in [-0.1, -0.05) is 21.0 Å². The Hall–Kier alpha value is -0.960. The van der Waals surface area contributed by atoms with E-state index in [1.165, 1.54) is 0 Å². The van der Waals surface area contributed by atoms with Crippen molar-refractivity contribution in [2.24, 2.45) is 0 Å². The first-order valence-electron chi connectivity index (χ1n) is 5.73. The van der Waals surface area contributed by atoms with Gasteiger partial charge in [-0.2, -0.15) is 0 Å². The van der Waals surface area contributed by atoms with Crippen LogP contribution >= 0.6 is 38.5 Å². The highest BCUT2D eigenvalue weighted by molar-refractivity contribution is 14.1. The van der Waals surface area contributed by atoms with E-state index in [1.54, 1.807) is 6.07 Å². The van der Waals surface area contributed by atoms with Gasteiger partial charge in [0.2, 0.25) is 5.89 Å². The number of benzene rings is 1. The first-order chi connectivity index (χ1) is 9.13. The Balaban J connectivity index is 1.77. The lowest BCUT2D eigenvalue weighted by Gasteiger charge is -2.03. The van der Waals surface area contributed by atoms with Gasteiger partial charge in [-0.05, 0) is 53.6 Å². The highest BCUT2D eigenvalue weighted by atomic mass is 127. The summed E-state index contributed by atoms with van der Waals surface area (Å²) in [5.74, 6) is 0.736. The van der Waals surface area contributed by atoms with Crippen molar-refractivity contribution in [3.05, 3.63) is 37.7 Å². The smallest absolute Gasteiger partial charge is 0.322 e. The largest absolute Gasteiger partial charge is 0.408 e. The van der Waals surface area contributed by atoms with Gasteiger partial charge in [0, 0.05) is 14.0 Å². The van der Waals surface area contributed by atoms with E-state index in [1.807, 2.05) is 12.1 Å². The molecule has 0 spiro atoms. The molecule has 1 heterocycles. The minimum Gasteiger partial charge on any atom is -0.408 e. The molecule has 19 heavy (non-hydrogen) atoms. The summed E-state index contributed by atoms with van der Waals surface area (Å²) in [4.78, 5) is 12.1. The number of hydrogen-bond donors (Lipinski definition) is 1.